The van der Waals surface area contributed by atoms with Crippen LogP contribution in [0.5, 0.6) is 0 Å². The van der Waals surface area contributed by atoms with Crippen molar-refractivity contribution in [2.24, 2.45) is 30.7 Å². The van der Waals surface area contributed by atoms with E-state index in [1.807, 2.05) is 33.9 Å². The Kier molecular flexibility index (Phi) is 23.6. The van der Waals surface area contributed by atoms with Gasteiger partial charge in [0.1, 0.15) is 48.7 Å². The lowest BCUT2D eigenvalue weighted by Gasteiger charge is -2.48. The lowest BCUT2D eigenvalue weighted by atomic mass is 9.83. The highest BCUT2D eigenvalue weighted by Gasteiger charge is 2.59. The lowest BCUT2D eigenvalue weighted by molar-refractivity contribution is -0.309. The van der Waals surface area contributed by atoms with Crippen LogP contribution in [0.25, 0.3) is 62.7 Å². The van der Waals surface area contributed by atoms with Gasteiger partial charge in [0.2, 0.25) is 0 Å². The fourth-order valence-electron chi connectivity index (χ4n) is 8.77. The van der Waals surface area contributed by atoms with E-state index in [2.05, 4.69) is 60.2 Å². The van der Waals surface area contributed by atoms with Crippen LogP contribution in [0.3, 0.4) is 0 Å². The molecule has 79 heavy (non-hydrogen) atoms. The van der Waals surface area contributed by atoms with Gasteiger partial charge in [-0.3, -0.25) is 28.8 Å². The van der Waals surface area contributed by atoms with Gasteiger partial charge in [-0.05, 0) is 57.7 Å². The average molecular weight is 1140 g/mol. The van der Waals surface area contributed by atoms with Crippen molar-refractivity contribution in [3.05, 3.63) is 62.7 Å². The van der Waals surface area contributed by atoms with Gasteiger partial charge in [0.05, 0.1) is 37.9 Å². The molecule has 7 unspecified atom stereocenters. The van der Waals surface area contributed by atoms with Crippen molar-refractivity contribution in [2.75, 3.05) is 19.7 Å². The highest BCUT2D eigenvalue weighted by molar-refractivity contribution is 6.74. The summed E-state index contributed by atoms with van der Waals surface area (Å²) < 4.78 is 78.9. The van der Waals surface area contributed by atoms with Gasteiger partial charge >= 0.3 is 35.8 Å². The molecule has 4 aliphatic rings. The first-order valence-corrected chi connectivity index (χ1v) is 26.9. The van der Waals surface area contributed by atoms with Crippen molar-refractivity contribution in [3.8, 4) is 0 Å². The Bertz CT molecular complexity index is 2540. The van der Waals surface area contributed by atoms with Crippen LogP contribution >= 0.6 is 0 Å². The molecule has 432 valence electrons. The first-order chi connectivity index (χ1) is 37.2. The zero-order valence-corrected chi connectivity index (χ0v) is 45.6. The molecular weight excluding hydrogens is 1080 g/mol. The largest absolute Gasteiger partial charge is 0.459 e. The first-order valence-electron chi connectivity index (χ1n) is 24.0. The van der Waals surface area contributed by atoms with E-state index < -0.39 is 185 Å². The van der Waals surface area contributed by atoms with Crippen molar-refractivity contribution < 1.29 is 90.0 Å². The van der Waals surface area contributed by atoms with Gasteiger partial charge in [-0.15, -0.1) is 0 Å². The van der Waals surface area contributed by atoms with Crippen LogP contribution in [0, 0.1) is 0 Å². The third kappa shape index (κ3) is 17.1. The summed E-state index contributed by atoms with van der Waals surface area (Å²) >= 11 is 0. The quantitative estimate of drug-likeness (QED) is 0.0297. The number of azide groups is 6. The monoisotopic (exact) mass is 1140 g/mol. The predicted molar refractivity (Wildman–Crippen MR) is 261 cm³/mol. The Morgan fingerprint density at radius 2 is 0.810 bits per heavy atom. The van der Waals surface area contributed by atoms with Gasteiger partial charge in [-0.1, -0.05) is 51.5 Å². The molecule has 0 radical (unpaired) electrons. The first kappa shape index (κ1) is 64.1. The fourth-order valence-corrected chi connectivity index (χ4v) is 9.78. The molecule has 0 amide bonds. The van der Waals surface area contributed by atoms with E-state index in [0.717, 1.165) is 41.5 Å². The number of hydrogen-bond acceptors (Lipinski definition) is 25. The topological polar surface area (TPSA) is 515 Å². The van der Waals surface area contributed by atoms with Crippen LogP contribution in [0.1, 0.15) is 68.7 Å². The van der Waals surface area contributed by atoms with Crippen LogP contribution in [-0.4, -0.2) is 180 Å². The number of carbonyl (C=O) groups is 6. The summed E-state index contributed by atoms with van der Waals surface area (Å²) in [6, 6.07) is -6.56. The SMILES string of the molecule is CC(=O)OC1[C@H](O[C@@H]2C(OC(C)=O)[C@H](N=[N+]=[N-])CC(N=[N+]=[N-])[C@H]2O[C@H]2OC(CN=[N+]=[N-])[C@@H](OC(C)=O)[C@H](OC(C)=O)C2N=[N+]=[N-])O[C@H](CO[Si](C)(C)C(C)(C)C)[C@@H]1O[C@H]1O[C@@H](CN=[N+]=[N-])[C@@H](OC(C)=O)C(OC(C)=O)C1N=[N+]=[N-]. The summed E-state index contributed by atoms with van der Waals surface area (Å²) in [6.45, 7) is 14.0. The molecule has 4 rings (SSSR count). The molecule has 0 aromatic rings. The van der Waals surface area contributed by atoms with E-state index in [9.17, 15) is 62.0 Å². The van der Waals surface area contributed by atoms with E-state index in [-0.39, 0.29) is 6.61 Å². The summed E-state index contributed by atoms with van der Waals surface area (Å²) in [5, 5.41) is 21.8. The molecule has 37 nitrogen and oxygen atoms in total. The van der Waals surface area contributed by atoms with Crippen LogP contribution in [0.15, 0.2) is 30.7 Å². The smallest absolute Gasteiger partial charge is 0.303 e. The number of esters is 6. The summed E-state index contributed by atoms with van der Waals surface area (Å²) in [7, 11) is -2.78. The number of carbonyl (C=O) groups excluding carboxylic acids is 6. The van der Waals surface area contributed by atoms with Gasteiger partial charge in [-0.2, -0.15) is 0 Å². The summed E-state index contributed by atoms with van der Waals surface area (Å²) in [5.41, 5.74) is 58.1. The third-order valence-corrected chi connectivity index (χ3v) is 17.4. The maximum Gasteiger partial charge on any atom is 0.303 e. The maximum absolute atomic E-state index is 13.3. The molecular formula is C41H60N18O19Si. The summed E-state index contributed by atoms with van der Waals surface area (Å²) in [6.07, 6.45) is -26.3. The van der Waals surface area contributed by atoms with E-state index in [4.69, 9.17) is 61.3 Å². The number of ether oxygens (including phenoxy) is 12. The summed E-state index contributed by atoms with van der Waals surface area (Å²) in [4.78, 5) is 93.4. The summed E-state index contributed by atoms with van der Waals surface area (Å²) in [5.74, 6) is -5.79. The second-order valence-corrected chi connectivity index (χ2v) is 24.3. The molecule has 19 atom stereocenters. The molecule has 1 aliphatic carbocycles. The Balaban J connectivity index is 2.01. The van der Waals surface area contributed by atoms with Gasteiger partial charge in [0, 0.05) is 71.0 Å². The molecule has 3 aliphatic heterocycles. The molecule has 38 heteroatoms. The molecule has 0 aromatic carbocycles. The minimum absolute atomic E-state index is 0.388. The molecule has 3 saturated heterocycles. The third-order valence-electron chi connectivity index (χ3n) is 12.9. The highest BCUT2D eigenvalue weighted by atomic mass is 28.4. The zero-order chi connectivity index (χ0) is 58.9. The van der Waals surface area contributed by atoms with Crippen molar-refractivity contribution >= 4 is 44.1 Å². The molecule has 0 N–H and O–H groups in total. The normalized spacial score (nSPS) is 33.1. The molecule has 4 fully saturated rings. The van der Waals surface area contributed by atoms with Crippen molar-refractivity contribution in [1.82, 2.24) is 0 Å². The molecule has 3 heterocycles. The highest BCUT2D eigenvalue weighted by Crippen LogP contribution is 2.42. The molecule has 0 bridgehead atoms. The Hall–Kier alpha value is -7.38. The maximum atomic E-state index is 13.3. The van der Waals surface area contributed by atoms with Crippen molar-refractivity contribution in [1.29, 1.82) is 0 Å². The van der Waals surface area contributed by atoms with Gasteiger partial charge in [0.25, 0.3) is 0 Å². The Morgan fingerprint density at radius 1 is 0.456 bits per heavy atom. The Labute approximate surface area is 449 Å². The second-order valence-electron chi connectivity index (χ2n) is 19.4. The van der Waals surface area contributed by atoms with Crippen molar-refractivity contribution in [2.45, 2.75) is 203 Å². The number of nitrogens with zero attached hydrogens (tertiary/aromatic N) is 18. The molecule has 1 saturated carbocycles. The molecule has 0 aromatic heterocycles. The minimum atomic E-state index is -2.78. The van der Waals surface area contributed by atoms with E-state index in [1.165, 1.54) is 0 Å². The standard InChI is InChI=1S/C41H60N18O19Si/c1-16(60)67-29-22(50-56-44)12-23(51-57-45)30(76-38-27(52-58-46)34(70-19(4)63)31(68-17(2)61)24(73-38)13-48-54-42)36(29)78-40-37(72-21(6)65)33(26(75-40)15-66-79(10,11)41(7,8)9)77-39-28(53-59-47)35(71-20(5)64)32(69-18(3)62)25(74-39)14-49-55-43/h22-40H,12-15H2,1-11H3/t22-,23?,24?,25+,26-,27?,28?,29?,30-,31-,32-,33+,34-,35?,36-,37?,38-,39-,40+/m1/s1. The van der Waals surface area contributed by atoms with Gasteiger partial charge in [0.15, 0.2) is 57.7 Å². The molecule has 0 spiro atoms. The second kappa shape index (κ2) is 29.0. The lowest BCUT2D eigenvalue weighted by Crippen LogP contribution is -2.65. The number of rotatable bonds is 23. The Morgan fingerprint density at radius 3 is 1.20 bits per heavy atom. The average Bonchev–Trinajstić information content (AvgIpc) is 3.78. The van der Waals surface area contributed by atoms with Crippen LogP contribution in [0.2, 0.25) is 18.1 Å². The van der Waals surface area contributed by atoms with E-state index >= 15 is 0 Å². The fraction of sp³-hybridized carbons (Fsp3) is 0.854. The van der Waals surface area contributed by atoms with E-state index in [0.29, 0.717) is 0 Å². The predicted octanol–water partition coefficient (Wildman–Crippen LogP) is 5.67. The minimum Gasteiger partial charge on any atom is -0.459 e. The van der Waals surface area contributed by atoms with Crippen LogP contribution in [0.4, 0.5) is 0 Å². The van der Waals surface area contributed by atoms with Crippen molar-refractivity contribution in [3.63, 3.8) is 0 Å². The van der Waals surface area contributed by atoms with Crippen LogP contribution in [-0.2, 0) is 90.0 Å². The van der Waals surface area contributed by atoms with Crippen LogP contribution < -0.4 is 0 Å². The van der Waals surface area contributed by atoms with Gasteiger partial charge < -0.3 is 61.3 Å². The van der Waals surface area contributed by atoms with E-state index in [1.54, 1.807) is 0 Å². The van der Waals surface area contributed by atoms with Gasteiger partial charge in [-0.25, -0.2) is 0 Å². The number of hydrogen-bond donors (Lipinski definition) is 0. The zero-order valence-electron chi connectivity index (χ0n) is 44.6.